The number of aromatic amines is 2. The highest BCUT2D eigenvalue weighted by Gasteiger charge is 2.43. The number of hydrogen-bond acceptors (Lipinski definition) is 9. The molecular formula is C48H61N8O8. The molecule has 4 amide bonds. The summed E-state index contributed by atoms with van der Waals surface area (Å²) >= 11 is 0. The first-order chi connectivity index (χ1) is 30.5. The van der Waals surface area contributed by atoms with Gasteiger partial charge in [-0.25, -0.2) is 19.6 Å². The van der Waals surface area contributed by atoms with Crippen LogP contribution < -0.4 is 15.4 Å². The van der Waals surface area contributed by atoms with Crippen molar-refractivity contribution >= 4 is 45.8 Å². The molecule has 5 heterocycles. The summed E-state index contributed by atoms with van der Waals surface area (Å²) in [6.45, 7) is 16.6. The molecule has 2 aromatic heterocycles. The largest absolute Gasteiger partial charge is 0.488 e. The standard InChI is InChI=1S/C44H52N8O8.C4H9/c1-21(2)36(49-43(55)56)42(54)52-23(4)8-13-33(52)40-46-31-12-10-25-16-30-28-11-9-26(15-27(28)20-60-35(30)17-29(25)38(31)48-40)32-18-45-39(47-32)34-14-22(3)19-51(34)41(53)37(24(5)58-6)50-44(57)59-7;1-4(2)3/h9-12,15-18,21-24,33-34,36-37,49H,8,13-14,19-20H2,1-7H3,(H,45,47)(H,46,48)(H,50,57)(H,55,56);1-3H3/t22-,23-,24-,33-,34-,36-,37-;/m0./s1. The third-order valence-corrected chi connectivity index (χ3v) is 12.4. The highest BCUT2D eigenvalue weighted by atomic mass is 16.5. The first kappa shape index (κ1) is 45.9. The number of rotatable bonds is 10. The molecule has 341 valence electrons. The van der Waals surface area contributed by atoms with E-state index in [0.717, 1.165) is 61.9 Å². The van der Waals surface area contributed by atoms with Gasteiger partial charge in [0.1, 0.15) is 36.1 Å². The fourth-order valence-electron chi connectivity index (χ4n) is 9.15. The first-order valence-corrected chi connectivity index (χ1v) is 22.0. The number of nitrogens with one attached hydrogen (secondary N) is 4. The number of alkyl carbamates (subject to hydrolysis) is 1. The third-order valence-electron chi connectivity index (χ3n) is 12.4. The minimum atomic E-state index is -1.22. The van der Waals surface area contributed by atoms with Crippen molar-refractivity contribution in [1.29, 1.82) is 0 Å². The van der Waals surface area contributed by atoms with Crippen molar-refractivity contribution in [1.82, 2.24) is 40.4 Å². The van der Waals surface area contributed by atoms with E-state index in [2.05, 4.69) is 72.6 Å². The van der Waals surface area contributed by atoms with Crippen LogP contribution >= 0.6 is 0 Å². The number of fused-ring (bicyclic) bond motifs is 6. The Morgan fingerprint density at radius 1 is 0.891 bits per heavy atom. The zero-order valence-electron chi connectivity index (χ0n) is 38.4. The van der Waals surface area contributed by atoms with Crippen LogP contribution in [0, 0.1) is 17.8 Å². The number of likely N-dealkylation sites (tertiary alicyclic amines) is 2. The molecule has 7 atom stereocenters. The minimum Gasteiger partial charge on any atom is -0.488 e. The summed E-state index contributed by atoms with van der Waals surface area (Å²) in [5, 5.41) is 16.5. The number of carbonyl (C=O) groups excluding carboxylic acids is 3. The van der Waals surface area contributed by atoms with Gasteiger partial charge in [-0.2, -0.15) is 0 Å². The Morgan fingerprint density at radius 2 is 1.64 bits per heavy atom. The van der Waals surface area contributed by atoms with Gasteiger partial charge in [0.2, 0.25) is 11.8 Å². The second kappa shape index (κ2) is 18.9. The SMILES string of the molecule is COC(=O)N[C@H](C(=O)N1C[C@@H](C)C[C@H]1c1ncc(-c2ccc3c(c2)COc2cc4c(ccc5nc([C@@H]6CC[C@H](C)N6C(=O)[C@@H](NC(=O)O)C(C)C)[nH]c54)cc2-3)[nH]1)[C@H](C)OC.C[C](C)C. The number of carboxylic acid groups (broad SMARTS) is 1. The predicted molar refractivity (Wildman–Crippen MR) is 243 cm³/mol. The third kappa shape index (κ3) is 9.24. The summed E-state index contributed by atoms with van der Waals surface area (Å²) < 4.78 is 16.6. The molecule has 0 aliphatic carbocycles. The average molecular weight is 878 g/mol. The van der Waals surface area contributed by atoms with Gasteiger partial charge in [-0.05, 0) is 97.2 Å². The molecule has 64 heavy (non-hydrogen) atoms. The van der Waals surface area contributed by atoms with Crippen LogP contribution in [0.1, 0.15) is 104 Å². The highest BCUT2D eigenvalue weighted by molar-refractivity contribution is 6.07. The summed E-state index contributed by atoms with van der Waals surface area (Å²) in [5.74, 6) is 3.00. The number of hydrogen-bond donors (Lipinski definition) is 5. The molecule has 5 aromatic rings. The van der Waals surface area contributed by atoms with Crippen molar-refractivity contribution in [3.8, 4) is 28.1 Å². The molecule has 0 bridgehead atoms. The maximum Gasteiger partial charge on any atom is 0.407 e. The monoisotopic (exact) mass is 877 g/mol. The van der Waals surface area contributed by atoms with Crippen molar-refractivity contribution in [2.24, 2.45) is 11.8 Å². The second-order valence-corrected chi connectivity index (χ2v) is 18.3. The fraction of sp³-hybridized carbons (Fsp3) is 0.479. The Labute approximate surface area is 373 Å². The van der Waals surface area contributed by atoms with Gasteiger partial charge < -0.3 is 49.7 Å². The van der Waals surface area contributed by atoms with Crippen molar-refractivity contribution in [2.45, 2.75) is 118 Å². The summed E-state index contributed by atoms with van der Waals surface area (Å²) in [5.41, 5.74) is 6.42. The Morgan fingerprint density at radius 3 is 2.33 bits per heavy atom. The van der Waals surface area contributed by atoms with Gasteiger partial charge in [0.15, 0.2) is 0 Å². The van der Waals surface area contributed by atoms with Crippen LogP contribution in [-0.2, 0) is 25.7 Å². The van der Waals surface area contributed by atoms with Gasteiger partial charge in [0.05, 0.1) is 48.2 Å². The Bertz CT molecular complexity index is 2530. The number of methoxy groups -OCH3 is 2. The van der Waals surface area contributed by atoms with Gasteiger partial charge in [0.25, 0.3) is 0 Å². The zero-order valence-corrected chi connectivity index (χ0v) is 38.4. The maximum absolute atomic E-state index is 13.9. The summed E-state index contributed by atoms with van der Waals surface area (Å²) in [6, 6.07) is 12.0. The molecule has 0 unspecified atom stereocenters. The lowest BCUT2D eigenvalue weighted by atomic mass is 9.92. The molecule has 2 fully saturated rings. The van der Waals surface area contributed by atoms with E-state index in [1.165, 1.54) is 20.1 Å². The van der Waals surface area contributed by atoms with Crippen LogP contribution in [-0.4, -0.2) is 104 Å². The van der Waals surface area contributed by atoms with E-state index in [4.69, 9.17) is 24.2 Å². The van der Waals surface area contributed by atoms with Crippen molar-refractivity contribution in [3.05, 3.63) is 71.8 Å². The van der Waals surface area contributed by atoms with E-state index in [9.17, 15) is 24.3 Å². The number of nitrogens with zero attached hydrogens (tertiary/aromatic N) is 4. The van der Waals surface area contributed by atoms with E-state index < -0.39 is 30.4 Å². The normalized spacial score (nSPS) is 20.6. The molecular weight excluding hydrogens is 817 g/mol. The molecule has 0 spiro atoms. The Kier molecular flexibility index (Phi) is 13.5. The van der Waals surface area contributed by atoms with E-state index in [1.807, 2.05) is 39.0 Å². The van der Waals surface area contributed by atoms with Crippen LogP contribution in [0.25, 0.3) is 44.2 Å². The number of benzene rings is 3. The first-order valence-electron chi connectivity index (χ1n) is 22.0. The zero-order chi connectivity index (χ0) is 46.1. The molecule has 8 rings (SSSR count). The number of H-pyrrole nitrogens is 2. The second-order valence-electron chi connectivity index (χ2n) is 18.3. The molecule has 1 radical (unpaired) electrons. The topological polar surface area (TPSA) is 204 Å². The predicted octanol–water partition coefficient (Wildman–Crippen LogP) is 8.30. The molecule has 3 aliphatic rings. The van der Waals surface area contributed by atoms with Gasteiger partial charge in [-0.15, -0.1) is 0 Å². The summed E-state index contributed by atoms with van der Waals surface area (Å²) in [6.07, 6.45) is 1.49. The van der Waals surface area contributed by atoms with Crippen LogP contribution in [0.15, 0.2) is 48.7 Å². The lowest BCUT2D eigenvalue weighted by molar-refractivity contribution is -0.138. The van der Waals surface area contributed by atoms with Crippen molar-refractivity contribution in [3.63, 3.8) is 0 Å². The maximum atomic E-state index is 13.9. The van der Waals surface area contributed by atoms with Crippen molar-refractivity contribution in [2.75, 3.05) is 20.8 Å². The van der Waals surface area contributed by atoms with Crippen LogP contribution in [0.4, 0.5) is 9.59 Å². The number of carbonyl (C=O) groups is 4. The number of amides is 4. The van der Waals surface area contributed by atoms with Crippen LogP contribution in [0.5, 0.6) is 5.75 Å². The minimum absolute atomic E-state index is 0.0701. The smallest absolute Gasteiger partial charge is 0.407 e. The lowest BCUT2D eigenvalue weighted by Gasteiger charge is -2.32. The van der Waals surface area contributed by atoms with Crippen LogP contribution in [0.2, 0.25) is 0 Å². The van der Waals surface area contributed by atoms with Gasteiger partial charge >= 0.3 is 12.2 Å². The number of aromatic nitrogens is 4. The van der Waals surface area contributed by atoms with E-state index in [0.29, 0.717) is 37.6 Å². The summed E-state index contributed by atoms with van der Waals surface area (Å²) in [4.78, 5) is 71.6. The average Bonchev–Trinajstić information content (AvgIpc) is 4.08. The molecule has 0 saturated carbocycles. The molecule has 3 aliphatic heterocycles. The Balaban J connectivity index is 0.00000147. The fourth-order valence-corrected chi connectivity index (χ4v) is 9.15. The van der Waals surface area contributed by atoms with E-state index in [1.54, 1.807) is 22.9 Å². The molecule has 16 heteroatoms. The van der Waals surface area contributed by atoms with E-state index in [-0.39, 0.29) is 41.8 Å². The van der Waals surface area contributed by atoms with Gasteiger partial charge in [0, 0.05) is 30.6 Å². The molecule has 3 aromatic carbocycles. The van der Waals surface area contributed by atoms with Crippen molar-refractivity contribution < 1.29 is 38.5 Å². The number of imidazole rings is 2. The molecule has 2 saturated heterocycles. The highest BCUT2D eigenvalue weighted by Crippen LogP contribution is 2.44. The molecule has 5 N–H and O–H groups in total. The molecule has 16 nitrogen and oxygen atoms in total. The summed E-state index contributed by atoms with van der Waals surface area (Å²) in [7, 11) is 2.76. The quantitative estimate of drug-likeness (QED) is 0.0908. The number of ether oxygens (including phenoxy) is 3. The van der Waals surface area contributed by atoms with E-state index >= 15 is 0 Å². The lowest BCUT2D eigenvalue weighted by Crippen LogP contribution is -2.54. The van der Waals surface area contributed by atoms with Crippen LogP contribution in [0.3, 0.4) is 0 Å². The van der Waals surface area contributed by atoms with Gasteiger partial charge in [-0.1, -0.05) is 59.7 Å². The van der Waals surface area contributed by atoms with Gasteiger partial charge in [-0.3, -0.25) is 9.59 Å². The Hall–Kier alpha value is -6.16.